The number of rotatable bonds is 4. The molecule has 3 heterocycles. The molecule has 0 bridgehead atoms. The third-order valence-corrected chi connectivity index (χ3v) is 5.01. The molecule has 1 aliphatic heterocycles. The minimum atomic E-state index is -5.25. The highest BCUT2D eigenvalue weighted by atomic mass is 19.4. The van der Waals surface area contributed by atoms with Gasteiger partial charge < -0.3 is 10.2 Å². The summed E-state index contributed by atoms with van der Waals surface area (Å²) in [7, 11) is 0. The number of halogens is 4. The van der Waals surface area contributed by atoms with Crippen molar-refractivity contribution in [3.8, 4) is 22.5 Å². The van der Waals surface area contributed by atoms with Crippen LogP contribution in [0.5, 0.6) is 0 Å². The van der Waals surface area contributed by atoms with Crippen LogP contribution in [0, 0.1) is 5.82 Å². The molecule has 2 aromatic heterocycles. The van der Waals surface area contributed by atoms with Crippen molar-refractivity contribution >= 4 is 17.7 Å². The zero-order chi connectivity index (χ0) is 23.9. The van der Waals surface area contributed by atoms with Gasteiger partial charge in [-0.2, -0.15) is 17.9 Å². The molecule has 1 N–H and O–H groups in total. The third-order valence-electron chi connectivity index (χ3n) is 5.01. The third kappa shape index (κ3) is 4.34. The monoisotopic (exact) mass is 461 g/mol. The molecule has 4 rings (SSSR count). The topological polar surface area (TPSA) is 90.3 Å². The summed E-state index contributed by atoms with van der Waals surface area (Å²) in [5, 5.41) is 2.57. The number of hydrogen-bond donors (Lipinski definition) is 1. The van der Waals surface area contributed by atoms with Crippen LogP contribution in [0.4, 0.5) is 17.6 Å². The maximum Gasteiger partial charge on any atom is 0.493 e. The van der Waals surface area contributed by atoms with Crippen molar-refractivity contribution in [2.24, 2.45) is 0 Å². The van der Waals surface area contributed by atoms with Crippen molar-refractivity contribution in [3.63, 3.8) is 0 Å². The van der Waals surface area contributed by atoms with Crippen LogP contribution in [-0.2, 0) is 11.2 Å². The molecule has 0 aliphatic carbocycles. The molecule has 0 spiro atoms. The van der Waals surface area contributed by atoms with E-state index < -0.39 is 23.9 Å². The number of carbonyl (C=O) groups excluding carboxylic acids is 3. The van der Waals surface area contributed by atoms with E-state index in [1.54, 1.807) is 0 Å². The van der Waals surface area contributed by atoms with Crippen molar-refractivity contribution in [2.45, 2.75) is 19.5 Å². The quantitative estimate of drug-likeness (QED) is 0.476. The number of hydrogen-bond acceptors (Lipinski definition) is 5. The molecule has 0 fully saturated rings. The fourth-order valence-electron chi connectivity index (χ4n) is 3.48. The Morgan fingerprint density at radius 2 is 1.88 bits per heavy atom. The minimum absolute atomic E-state index is 0.00138. The maximum atomic E-state index is 14.0. The molecule has 0 saturated carbocycles. The molecule has 0 radical (unpaired) electrons. The highest BCUT2D eigenvalue weighted by Gasteiger charge is 2.43. The lowest BCUT2D eigenvalue weighted by atomic mass is 10.0. The number of pyridine rings is 1. The number of nitrogens with zero attached hydrogens (tertiary/aromatic N) is 2. The van der Waals surface area contributed by atoms with E-state index in [0.717, 1.165) is 12.1 Å². The second-order valence-electron chi connectivity index (χ2n) is 7.28. The standard InChI is InChI=1S/C22H15F4N3O4/c1-11(30)13-6-14(8-15(23)7-13)17-9-12(2-4-27-17)19-10-16-18(3-5-28-20(16)31)29(19)33-21(32)22(24,25)26/h2,4,6-10H,3,5H2,1H3,(H,28,31). The van der Waals surface area contributed by atoms with Gasteiger partial charge in [-0.25, -0.2) is 9.18 Å². The fourth-order valence-corrected chi connectivity index (χ4v) is 3.48. The van der Waals surface area contributed by atoms with Crippen LogP contribution in [-0.4, -0.2) is 40.1 Å². The number of benzene rings is 1. The number of ketones is 1. The Morgan fingerprint density at radius 3 is 2.58 bits per heavy atom. The van der Waals surface area contributed by atoms with Crippen LogP contribution < -0.4 is 10.2 Å². The summed E-state index contributed by atoms with van der Waals surface area (Å²) >= 11 is 0. The normalized spacial score (nSPS) is 13.3. The van der Waals surface area contributed by atoms with Gasteiger partial charge in [-0.1, -0.05) is 0 Å². The molecule has 1 amide bonds. The van der Waals surface area contributed by atoms with Gasteiger partial charge in [0.05, 0.1) is 22.6 Å². The first-order valence-electron chi connectivity index (χ1n) is 9.65. The van der Waals surface area contributed by atoms with Crippen LogP contribution in [0.3, 0.4) is 0 Å². The Balaban J connectivity index is 1.84. The Bertz CT molecular complexity index is 1300. The number of Topliss-reactive ketones (excluding diaryl/α,β-unsaturated/α-hetero) is 1. The van der Waals surface area contributed by atoms with Crippen LogP contribution in [0.25, 0.3) is 22.5 Å². The largest absolute Gasteiger partial charge is 0.493 e. The van der Waals surface area contributed by atoms with Gasteiger partial charge in [0.25, 0.3) is 5.91 Å². The van der Waals surface area contributed by atoms with E-state index in [9.17, 15) is 31.9 Å². The second kappa shape index (κ2) is 8.15. The first kappa shape index (κ1) is 22.2. The van der Waals surface area contributed by atoms with Crippen molar-refractivity contribution < 1.29 is 36.8 Å². The fraction of sp³-hybridized carbons (Fsp3) is 0.182. The van der Waals surface area contributed by atoms with E-state index in [-0.39, 0.29) is 58.1 Å². The SMILES string of the molecule is CC(=O)c1cc(F)cc(-c2cc(-c3cc4c(n3OC(=O)C(F)(F)F)CCNC4=O)ccn2)c1. The summed E-state index contributed by atoms with van der Waals surface area (Å²) in [5.74, 6) is -4.00. The lowest BCUT2D eigenvalue weighted by Gasteiger charge is -2.17. The van der Waals surface area contributed by atoms with Crippen molar-refractivity contribution in [1.82, 2.24) is 15.0 Å². The average molecular weight is 461 g/mol. The number of amides is 1. The Kier molecular flexibility index (Phi) is 5.48. The van der Waals surface area contributed by atoms with Gasteiger partial charge in [0.1, 0.15) is 5.82 Å². The van der Waals surface area contributed by atoms with E-state index >= 15 is 0 Å². The summed E-state index contributed by atoms with van der Waals surface area (Å²) < 4.78 is 53.3. The molecule has 170 valence electrons. The molecule has 7 nitrogen and oxygen atoms in total. The van der Waals surface area contributed by atoms with E-state index in [1.807, 2.05) is 0 Å². The molecular weight excluding hydrogens is 446 g/mol. The summed E-state index contributed by atoms with van der Waals surface area (Å²) in [6.45, 7) is 1.43. The summed E-state index contributed by atoms with van der Waals surface area (Å²) in [5.41, 5.74) is 1.02. The smallest absolute Gasteiger partial charge is 0.352 e. The molecular formula is C22H15F4N3O4. The molecule has 0 unspecified atom stereocenters. The highest BCUT2D eigenvalue weighted by molar-refractivity contribution is 5.98. The van der Waals surface area contributed by atoms with E-state index in [1.165, 1.54) is 37.4 Å². The van der Waals surface area contributed by atoms with E-state index in [2.05, 4.69) is 15.1 Å². The van der Waals surface area contributed by atoms with Crippen LogP contribution in [0.2, 0.25) is 0 Å². The molecule has 11 heteroatoms. The Labute approximate surface area is 183 Å². The van der Waals surface area contributed by atoms with Crippen molar-refractivity contribution in [2.75, 3.05) is 6.54 Å². The van der Waals surface area contributed by atoms with Gasteiger partial charge in [0, 0.05) is 35.9 Å². The van der Waals surface area contributed by atoms with Gasteiger partial charge in [0.15, 0.2) is 5.78 Å². The predicted octanol–water partition coefficient (Wildman–Crippen LogP) is 3.36. The van der Waals surface area contributed by atoms with Crippen molar-refractivity contribution in [3.05, 3.63) is 65.2 Å². The van der Waals surface area contributed by atoms with E-state index in [4.69, 9.17) is 0 Å². The van der Waals surface area contributed by atoms with E-state index in [0.29, 0.717) is 4.73 Å². The first-order valence-corrected chi connectivity index (χ1v) is 9.65. The number of aromatic nitrogens is 2. The van der Waals surface area contributed by atoms with Crippen molar-refractivity contribution in [1.29, 1.82) is 0 Å². The maximum absolute atomic E-state index is 14.0. The lowest BCUT2D eigenvalue weighted by Crippen LogP contribution is -2.37. The molecule has 3 aromatic rings. The lowest BCUT2D eigenvalue weighted by molar-refractivity contribution is -0.199. The molecule has 0 atom stereocenters. The van der Waals surface area contributed by atoms with Crippen LogP contribution in [0.1, 0.15) is 33.3 Å². The van der Waals surface area contributed by atoms with Crippen LogP contribution in [0.15, 0.2) is 42.6 Å². The summed E-state index contributed by atoms with van der Waals surface area (Å²) in [6, 6.07) is 7.82. The molecule has 33 heavy (non-hydrogen) atoms. The highest BCUT2D eigenvalue weighted by Crippen LogP contribution is 2.31. The van der Waals surface area contributed by atoms with Gasteiger partial charge in [0.2, 0.25) is 0 Å². The second-order valence-corrected chi connectivity index (χ2v) is 7.28. The van der Waals surface area contributed by atoms with Gasteiger partial charge in [-0.3, -0.25) is 14.6 Å². The molecule has 0 saturated heterocycles. The molecule has 1 aromatic carbocycles. The Hall–Kier alpha value is -4.02. The number of carbonyl (C=O) groups is 3. The zero-order valence-corrected chi connectivity index (χ0v) is 17.0. The summed E-state index contributed by atoms with van der Waals surface area (Å²) in [6.07, 6.45) is -3.79. The minimum Gasteiger partial charge on any atom is -0.352 e. The van der Waals surface area contributed by atoms with Gasteiger partial charge in [-0.05, 0) is 43.3 Å². The number of alkyl halides is 3. The predicted molar refractivity (Wildman–Crippen MR) is 107 cm³/mol. The van der Waals surface area contributed by atoms with Crippen LogP contribution >= 0.6 is 0 Å². The Morgan fingerprint density at radius 1 is 1.12 bits per heavy atom. The zero-order valence-electron chi connectivity index (χ0n) is 17.0. The average Bonchev–Trinajstić information content (AvgIpc) is 3.12. The van der Waals surface area contributed by atoms with Gasteiger partial charge >= 0.3 is 12.1 Å². The summed E-state index contributed by atoms with van der Waals surface area (Å²) in [4.78, 5) is 44.2. The number of nitrogens with one attached hydrogen (secondary N) is 1. The van der Waals surface area contributed by atoms with Gasteiger partial charge in [-0.15, -0.1) is 0 Å². The first-order chi connectivity index (χ1) is 15.5. The number of fused-ring (bicyclic) bond motifs is 1. The molecule has 1 aliphatic rings.